The summed E-state index contributed by atoms with van der Waals surface area (Å²) in [6, 6.07) is 13.5. The van der Waals surface area contributed by atoms with Crippen molar-refractivity contribution in [3.63, 3.8) is 0 Å². The fourth-order valence-corrected chi connectivity index (χ4v) is 5.29. The quantitative estimate of drug-likeness (QED) is 0.494. The molecule has 2 aromatic carbocycles. The molecule has 178 valence electrons. The molecule has 1 unspecified atom stereocenters. The van der Waals surface area contributed by atoms with E-state index in [2.05, 4.69) is 20.8 Å². The number of methoxy groups -OCH3 is 1. The Morgan fingerprint density at radius 2 is 1.73 bits per heavy atom. The lowest BCUT2D eigenvalue weighted by Gasteiger charge is -2.28. The number of rotatable bonds is 8. The SMILES string of the molecule is CCC(c1nc2ccccc2c(=O)n1CCOC)N(C)S(=O)(=O)c1ccc(C(C)(C)C)cc1. The second-order valence-electron chi connectivity index (χ2n) is 9.16. The normalized spacial score (nSPS) is 13.5. The summed E-state index contributed by atoms with van der Waals surface area (Å²) in [5.41, 5.74) is 1.32. The second kappa shape index (κ2) is 9.75. The van der Waals surface area contributed by atoms with Crippen LogP contribution in [-0.4, -0.2) is 43.0 Å². The topological polar surface area (TPSA) is 81.5 Å². The van der Waals surface area contributed by atoms with Crippen LogP contribution in [0.4, 0.5) is 0 Å². The number of ether oxygens (including phenoxy) is 1. The number of nitrogens with zero attached hydrogens (tertiary/aromatic N) is 3. The van der Waals surface area contributed by atoms with Crippen molar-refractivity contribution in [3.05, 3.63) is 70.3 Å². The van der Waals surface area contributed by atoms with Gasteiger partial charge in [0.2, 0.25) is 10.0 Å². The van der Waals surface area contributed by atoms with Gasteiger partial charge in [-0.25, -0.2) is 13.4 Å². The van der Waals surface area contributed by atoms with Crippen molar-refractivity contribution in [2.75, 3.05) is 20.8 Å². The van der Waals surface area contributed by atoms with Gasteiger partial charge < -0.3 is 4.74 Å². The van der Waals surface area contributed by atoms with Gasteiger partial charge in [-0.3, -0.25) is 9.36 Å². The van der Waals surface area contributed by atoms with Crippen molar-refractivity contribution in [1.82, 2.24) is 13.9 Å². The molecule has 7 nitrogen and oxygen atoms in total. The Morgan fingerprint density at radius 1 is 1.09 bits per heavy atom. The van der Waals surface area contributed by atoms with E-state index < -0.39 is 16.1 Å². The van der Waals surface area contributed by atoms with Crippen LogP contribution in [0.2, 0.25) is 0 Å². The fraction of sp³-hybridized carbons (Fsp3) is 0.440. The van der Waals surface area contributed by atoms with Gasteiger partial charge in [-0.05, 0) is 41.7 Å². The van der Waals surface area contributed by atoms with Crippen LogP contribution in [0.3, 0.4) is 0 Å². The third kappa shape index (κ3) is 5.03. The predicted octanol–water partition coefficient (Wildman–Crippen LogP) is 4.11. The standard InChI is InChI=1S/C25H33N3O4S/c1-7-22(27(5)33(30,31)19-14-12-18(13-15-19)25(2,3)4)23-26-21-11-9-8-10-20(21)24(29)28(23)16-17-32-6/h8-15,22H,7,16-17H2,1-6H3. The zero-order chi connectivity index (χ0) is 24.4. The van der Waals surface area contributed by atoms with Crippen LogP contribution >= 0.6 is 0 Å². The van der Waals surface area contributed by atoms with Crippen LogP contribution in [0.5, 0.6) is 0 Å². The maximum atomic E-state index is 13.5. The van der Waals surface area contributed by atoms with Crippen molar-refractivity contribution in [1.29, 1.82) is 0 Å². The van der Waals surface area contributed by atoms with E-state index in [1.807, 2.05) is 25.1 Å². The van der Waals surface area contributed by atoms with E-state index in [-0.39, 0.29) is 22.4 Å². The van der Waals surface area contributed by atoms with Gasteiger partial charge in [-0.1, -0.05) is 52.0 Å². The monoisotopic (exact) mass is 471 g/mol. The summed E-state index contributed by atoms with van der Waals surface area (Å²) in [5.74, 6) is 0.413. The molecule has 0 aliphatic carbocycles. The van der Waals surface area contributed by atoms with Gasteiger partial charge in [0.25, 0.3) is 5.56 Å². The molecular weight excluding hydrogens is 438 g/mol. The first-order valence-corrected chi connectivity index (χ1v) is 12.5. The molecule has 8 heteroatoms. The van der Waals surface area contributed by atoms with Gasteiger partial charge in [-0.2, -0.15) is 4.31 Å². The van der Waals surface area contributed by atoms with Crippen molar-refractivity contribution in [2.24, 2.45) is 0 Å². The lowest BCUT2D eigenvalue weighted by Crippen LogP contribution is -2.37. The predicted molar refractivity (Wildman–Crippen MR) is 131 cm³/mol. The smallest absolute Gasteiger partial charge is 0.261 e. The largest absolute Gasteiger partial charge is 0.383 e. The Labute approximate surface area is 196 Å². The van der Waals surface area contributed by atoms with E-state index in [0.717, 1.165) is 5.56 Å². The molecule has 3 aromatic rings. The zero-order valence-electron chi connectivity index (χ0n) is 20.2. The molecule has 0 saturated carbocycles. The highest BCUT2D eigenvalue weighted by Crippen LogP contribution is 2.30. The second-order valence-corrected chi connectivity index (χ2v) is 11.2. The fourth-order valence-electron chi connectivity index (χ4n) is 3.90. The van der Waals surface area contributed by atoms with Crippen LogP contribution in [0.15, 0.2) is 58.2 Å². The first-order chi connectivity index (χ1) is 15.5. The average Bonchev–Trinajstić information content (AvgIpc) is 2.78. The number of aromatic nitrogens is 2. The van der Waals surface area contributed by atoms with Gasteiger partial charge in [0.15, 0.2) is 0 Å². The van der Waals surface area contributed by atoms with Gasteiger partial charge in [0.05, 0.1) is 35.0 Å². The highest BCUT2D eigenvalue weighted by molar-refractivity contribution is 7.89. The summed E-state index contributed by atoms with van der Waals surface area (Å²) in [4.78, 5) is 18.2. The third-order valence-corrected chi connectivity index (χ3v) is 7.81. The van der Waals surface area contributed by atoms with E-state index >= 15 is 0 Å². The number of benzene rings is 2. The molecule has 0 amide bonds. The Morgan fingerprint density at radius 3 is 2.30 bits per heavy atom. The molecule has 0 saturated heterocycles. The number of para-hydroxylation sites is 1. The molecule has 33 heavy (non-hydrogen) atoms. The maximum absolute atomic E-state index is 13.5. The first-order valence-electron chi connectivity index (χ1n) is 11.1. The summed E-state index contributed by atoms with van der Waals surface area (Å²) < 4.78 is 35.1. The van der Waals surface area contributed by atoms with Crippen molar-refractivity contribution >= 4 is 20.9 Å². The Balaban J connectivity index is 2.10. The first kappa shape index (κ1) is 25.1. The van der Waals surface area contributed by atoms with Crippen LogP contribution in [0.25, 0.3) is 10.9 Å². The third-order valence-electron chi connectivity index (χ3n) is 5.93. The summed E-state index contributed by atoms with van der Waals surface area (Å²) in [6.07, 6.45) is 0.452. The van der Waals surface area contributed by atoms with E-state index in [4.69, 9.17) is 9.72 Å². The maximum Gasteiger partial charge on any atom is 0.261 e. The molecule has 3 rings (SSSR count). The summed E-state index contributed by atoms with van der Waals surface area (Å²) in [5, 5.41) is 0.496. The molecule has 0 radical (unpaired) electrons. The molecule has 1 aromatic heterocycles. The zero-order valence-corrected chi connectivity index (χ0v) is 21.0. The van der Waals surface area contributed by atoms with E-state index in [9.17, 15) is 13.2 Å². The van der Waals surface area contributed by atoms with E-state index in [0.29, 0.717) is 29.8 Å². The lowest BCUT2D eigenvalue weighted by molar-refractivity contribution is 0.182. The van der Waals surface area contributed by atoms with Crippen molar-refractivity contribution in [2.45, 2.75) is 57.0 Å². The minimum atomic E-state index is -3.82. The average molecular weight is 472 g/mol. The molecule has 0 aliphatic rings. The number of sulfonamides is 1. The van der Waals surface area contributed by atoms with E-state index in [1.165, 1.54) is 8.87 Å². The van der Waals surface area contributed by atoms with Crippen molar-refractivity contribution < 1.29 is 13.2 Å². The van der Waals surface area contributed by atoms with E-state index in [1.54, 1.807) is 44.5 Å². The van der Waals surface area contributed by atoms with Gasteiger partial charge in [0.1, 0.15) is 5.82 Å². The summed E-state index contributed by atoms with van der Waals surface area (Å²) >= 11 is 0. The minimum Gasteiger partial charge on any atom is -0.383 e. The van der Waals surface area contributed by atoms with Crippen molar-refractivity contribution in [3.8, 4) is 0 Å². The van der Waals surface area contributed by atoms with Crippen LogP contribution in [0.1, 0.15) is 51.5 Å². The molecule has 0 bridgehead atoms. The molecule has 1 heterocycles. The molecule has 0 spiro atoms. The summed E-state index contributed by atoms with van der Waals surface area (Å²) in [7, 11) is -0.709. The molecule has 1 atom stereocenters. The molecule has 0 N–H and O–H groups in total. The van der Waals surface area contributed by atoms with Gasteiger partial charge >= 0.3 is 0 Å². The Kier molecular flexibility index (Phi) is 7.41. The Bertz CT molecular complexity index is 1280. The molecule has 0 fully saturated rings. The number of hydrogen-bond donors (Lipinski definition) is 0. The van der Waals surface area contributed by atoms with Gasteiger partial charge in [0, 0.05) is 14.2 Å². The van der Waals surface area contributed by atoms with Crippen LogP contribution in [-0.2, 0) is 26.7 Å². The molecular formula is C25H33N3O4S. The van der Waals surface area contributed by atoms with Crippen LogP contribution in [0, 0.1) is 0 Å². The lowest BCUT2D eigenvalue weighted by atomic mass is 9.87. The van der Waals surface area contributed by atoms with Gasteiger partial charge in [-0.15, -0.1) is 0 Å². The minimum absolute atomic E-state index is 0.0768. The number of fused-ring (bicyclic) bond motifs is 1. The van der Waals surface area contributed by atoms with Crippen LogP contribution < -0.4 is 5.56 Å². The highest BCUT2D eigenvalue weighted by atomic mass is 32.2. The summed E-state index contributed by atoms with van der Waals surface area (Å²) in [6.45, 7) is 8.74. The molecule has 0 aliphatic heterocycles. The number of hydrogen-bond acceptors (Lipinski definition) is 5. The highest BCUT2D eigenvalue weighted by Gasteiger charge is 2.31. The Hall–Kier alpha value is -2.55.